The molecule has 108 valence electrons. The van der Waals surface area contributed by atoms with Crippen molar-refractivity contribution in [2.45, 2.75) is 0 Å². The predicted octanol–water partition coefficient (Wildman–Crippen LogP) is 1.39. The molecule has 0 aromatic heterocycles. The first-order chi connectivity index (χ1) is 9.75. The lowest BCUT2D eigenvalue weighted by atomic mass is 10.2. The molecule has 2 saturated heterocycles. The number of guanidine groups is 1. The van der Waals surface area contributed by atoms with Crippen LogP contribution in [0.15, 0.2) is 29.3 Å². The van der Waals surface area contributed by atoms with E-state index in [4.69, 9.17) is 9.73 Å². The van der Waals surface area contributed by atoms with Crippen LogP contribution in [0.1, 0.15) is 0 Å². The van der Waals surface area contributed by atoms with Gasteiger partial charge in [0.1, 0.15) is 0 Å². The summed E-state index contributed by atoms with van der Waals surface area (Å²) in [5, 5.41) is 0. The summed E-state index contributed by atoms with van der Waals surface area (Å²) in [6, 6.07) is 8.38. The zero-order valence-corrected chi connectivity index (χ0v) is 12.2. The molecule has 5 nitrogen and oxygen atoms in total. The molecule has 0 radical (unpaired) electrons. The maximum atomic E-state index is 5.43. The fraction of sp³-hybridized carbons (Fsp3) is 0.533. The molecule has 0 N–H and O–H groups in total. The Balaban J connectivity index is 1.91. The van der Waals surface area contributed by atoms with Crippen LogP contribution in [-0.4, -0.2) is 69.2 Å². The van der Waals surface area contributed by atoms with E-state index in [0.29, 0.717) is 0 Å². The molecule has 0 aliphatic carbocycles. The van der Waals surface area contributed by atoms with Crippen molar-refractivity contribution < 1.29 is 4.74 Å². The highest BCUT2D eigenvalue weighted by Gasteiger charge is 2.21. The van der Waals surface area contributed by atoms with Crippen molar-refractivity contribution in [1.82, 2.24) is 9.80 Å². The monoisotopic (exact) mass is 274 g/mol. The summed E-state index contributed by atoms with van der Waals surface area (Å²) in [6.45, 7) is 5.54. The first-order valence-electron chi connectivity index (χ1n) is 7.18. The van der Waals surface area contributed by atoms with Crippen LogP contribution in [0.5, 0.6) is 0 Å². The number of anilines is 1. The van der Waals surface area contributed by atoms with Gasteiger partial charge in [0.15, 0.2) is 0 Å². The molecule has 20 heavy (non-hydrogen) atoms. The summed E-state index contributed by atoms with van der Waals surface area (Å²) >= 11 is 0. The lowest BCUT2D eigenvalue weighted by Gasteiger charge is -2.30. The molecule has 0 amide bonds. The minimum atomic E-state index is 0.796. The van der Waals surface area contributed by atoms with Gasteiger partial charge in [-0.15, -0.1) is 0 Å². The van der Waals surface area contributed by atoms with E-state index in [0.717, 1.165) is 51.0 Å². The fourth-order valence-electron chi connectivity index (χ4n) is 2.70. The molecule has 2 aliphatic heterocycles. The standard InChI is InChI=1S/C15H22N4O/c1-17-7-8-18(2)15(17)16-13-5-3-4-6-14(13)19-9-11-20-12-10-19/h3-6H,7-12H2,1-2H3. The number of hydrogen-bond acceptors (Lipinski definition) is 3. The molecule has 1 aromatic rings. The number of morpholine rings is 1. The van der Waals surface area contributed by atoms with Crippen LogP contribution < -0.4 is 4.90 Å². The quantitative estimate of drug-likeness (QED) is 0.815. The van der Waals surface area contributed by atoms with Gasteiger partial charge in [-0.1, -0.05) is 12.1 Å². The van der Waals surface area contributed by atoms with E-state index in [9.17, 15) is 0 Å². The Morgan fingerprint density at radius 2 is 1.60 bits per heavy atom. The van der Waals surface area contributed by atoms with Crippen molar-refractivity contribution in [1.29, 1.82) is 0 Å². The van der Waals surface area contributed by atoms with Crippen molar-refractivity contribution >= 4 is 17.3 Å². The number of nitrogens with zero attached hydrogens (tertiary/aromatic N) is 4. The van der Waals surface area contributed by atoms with Crippen LogP contribution in [0.4, 0.5) is 11.4 Å². The Kier molecular flexibility index (Phi) is 3.78. The summed E-state index contributed by atoms with van der Waals surface area (Å²) in [5.41, 5.74) is 2.25. The second-order valence-corrected chi connectivity index (χ2v) is 5.34. The molecule has 0 saturated carbocycles. The molecule has 2 heterocycles. The average Bonchev–Trinajstić information content (AvgIpc) is 2.81. The molecule has 0 spiro atoms. The third kappa shape index (κ3) is 2.58. The number of aliphatic imine (C=N–C) groups is 1. The Labute approximate surface area is 120 Å². The Morgan fingerprint density at radius 3 is 2.30 bits per heavy atom. The van der Waals surface area contributed by atoms with Crippen LogP contribution in [0, 0.1) is 0 Å². The maximum absolute atomic E-state index is 5.43. The summed E-state index contributed by atoms with van der Waals surface area (Å²) in [4.78, 5) is 11.6. The number of rotatable bonds is 2. The van der Waals surface area contributed by atoms with Gasteiger partial charge in [-0.3, -0.25) is 0 Å². The van der Waals surface area contributed by atoms with Crippen LogP contribution in [0.25, 0.3) is 0 Å². The lowest BCUT2D eigenvalue weighted by molar-refractivity contribution is 0.123. The Hall–Kier alpha value is -1.75. The minimum absolute atomic E-state index is 0.796. The third-order valence-electron chi connectivity index (χ3n) is 3.91. The number of likely N-dealkylation sites (N-methyl/N-ethyl adjacent to an activating group) is 2. The van der Waals surface area contributed by atoms with Gasteiger partial charge in [0.25, 0.3) is 0 Å². The van der Waals surface area contributed by atoms with Crippen molar-refractivity contribution in [2.75, 3.05) is 58.4 Å². The van der Waals surface area contributed by atoms with Crippen molar-refractivity contribution in [3.63, 3.8) is 0 Å². The van der Waals surface area contributed by atoms with Crippen molar-refractivity contribution in [3.05, 3.63) is 24.3 Å². The van der Waals surface area contributed by atoms with Gasteiger partial charge >= 0.3 is 0 Å². The number of hydrogen-bond donors (Lipinski definition) is 0. The van der Waals surface area contributed by atoms with E-state index >= 15 is 0 Å². The van der Waals surface area contributed by atoms with E-state index in [2.05, 4.69) is 53.1 Å². The van der Waals surface area contributed by atoms with E-state index in [1.54, 1.807) is 0 Å². The summed E-state index contributed by atoms with van der Waals surface area (Å²) in [6.07, 6.45) is 0. The van der Waals surface area contributed by atoms with E-state index in [1.165, 1.54) is 5.69 Å². The van der Waals surface area contributed by atoms with Crippen LogP contribution in [0.2, 0.25) is 0 Å². The number of para-hydroxylation sites is 2. The van der Waals surface area contributed by atoms with Gasteiger partial charge in [0, 0.05) is 40.3 Å². The summed E-state index contributed by atoms with van der Waals surface area (Å²) < 4.78 is 5.43. The van der Waals surface area contributed by atoms with Gasteiger partial charge in [-0.25, -0.2) is 4.99 Å². The summed E-state index contributed by atoms with van der Waals surface area (Å²) in [5.74, 6) is 1.05. The molecule has 0 bridgehead atoms. The van der Waals surface area contributed by atoms with Crippen LogP contribution in [0.3, 0.4) is 0 Å². The largest absolute Gasteiger partial charge is 0.378 e. The molecule has 0 unspecified atom stereocenters. The maximum Gasteiger partial charge on any atom is 0.201 e. The molecular weight excluding hydrogens is 252 g/mol. The van der Waals surface area contributed by atoms with E-state index < -0.39 is 0 Å². The number of benzene rings is 1. The first kappa shape index (κ1) is 13.2. The van der Waals surface area contributed by atoms with Gasteiger partial charge in [0.2, 0.25) is 5.96 Å². The van der Waals surface area contributed by atoms with Crippen molar-refractivity contribution in [2.24, 2.45) is 4.99 Å². The van der Waals surface area contributed by atoms with Crippen LogP contribution in [-0.2, 0) is 4.74 Å². The molecular formula is C15H22N4O. The second-order valence-electron chi connectivity index (χ2n) is 5.34. The SMILES string of the molecule is CN1CCN(C)C1=Nc1ccccc1N1CCOCC1. The minimum Gasteiger partial charge on any atom is -0.378 e. The Bertz CT molecular complexity index is 484. The zero-order valence-electron chi connectivity index (χ0n) is 12.2. The molecule has 2 fully saturated rings. The lowest BCUT2D eigenvalue weighted by Crippen LogP contribution is -2.36. The molecule has 2 aliphatic rings. The van der Waals surface area contributed by atoms with E-state index in [-0.39, 0.29) is 0 Å². The summed E-state index contributed by atoms with van der Waals surface area (Å²) in [7, 11) is 4.19. The van der Waals surface area contributed by atoms with E-state index in [1.807, 2.05) is 0 Å². The van der Waals surface area contributed by atoms with Crippen molar-refractivity contribution in [3.8, 4) is 0 Å². The molecule has 3 rings (SSSR count). The highest BCUT2D eigenvalue weighted by molar-refractivity contribution is 5.86. The predicted molar refractivity (Wildman–Crippen MR) is 81.8 cm³/mol. The third-order valence-corrected chi connectivity index (χ3v) is 3.91. The highest BCUT2D eigenvalue weighted by Crippen LogP contribution is 2.29. The molecule has 5 heteroatoms. The first-order valence-corrected chi connectivity index (χ1v) is 7.18. The van der Waals surface area contributed by atoms with Gasteiger partial charge < -0.3 is 19.4 Å². The average molecular weight is 274 g/mol. The topological polar surface area (TPSA) is 31.3 Å². The number of ether oxygens (including phenoxy) is 1. The highest BCUT2D eigenvalue weighted by atomic mass is 16.5. The second kappa shape index (κ2) is 5.71. The Morgan fingerprint density at radius 1 is 0.950 bits per heavy atom. The molecule has 0 atom stereocenters. The van der Waals surface area contributed by atoms with Gasteiger partial charge in [0.05, 0.1) is 24.6 Å². The smallest absolute Gasteiger partial charge is 0.201 e. The van der Waals surface area contributed by atoms with Crippen LogP contribution >= 0.6 is 0 Å². The fourth-order valence-corrected chi connectivity index (χ4v) is 2.70. The normalized spacial score (nSPS) is 19.7. The van der Waals surface area contributed by atoms with Gasteiger partial charge in [-0.2, -0.15) is 0 Å². The zero-order chi connectivity index (χ0) is 13.9. The van der Waals surface area contributed by atoms with Gasteiger partial charge in [-0.05, 0) is 12.1 Å². The molecule has 1 aromatic carbocycles.